The van der Waals surface area contributed by atoms with Crippen molar-refractivity contribution >= 4 is 37.9 Å². The van der Waals surface area contributed by atoms with E-state index < -0.39 is 14.4 Å². The summed E-state index contributed by atoms with van der Waals surface area (Å²) in [7, 11) is 5.50. The lowest BCUT2D eigenvalue weighted by Crippen LogP contribution is -2.27. The second kappa shape index (κ2) is 24.0. The Morgan fingerprint density at radius 2 is 1.77 bits per heavy atom. The van der Waals surface area contributed by atoms with Crippen LogP contribution in [-0.2, 0) is 28.4 Å². The van der Waals surface area contributed by atoms with Crippen LogP contribution in [0, 0.1) is 0 Å². The molecule has 0 saturated carbocycles. The van der Waals surface area contributed by atoms with Crippen molar-refractivity contribution in [1.29, 1.82) is 0 Å². The third-order valence-corrected chi connectivity index (χ3v) is 6.40. The summed E-state index contributed by atoms with van der Waals surface area (Å²) in [6.07, 6.45) is 7.27. The summed E-state index contributed by atoms with van der Waals surface area (Å²) in [5, 5.41) is 7.15. The lowest BCUT2D eigenvalue weighted by Gasteiger charge is -2.23. The summed E-state index contributed by atoms with van der Waals surface area (Å²) < 4.78 is 22.0. The van der Waals surface area contributed by atoms with E-state index in [0.717, 1.165) is 35.8 Å². The largest absolute Gasteiger partial charge is 0.435 e. The summed E-state index contributed by atoms with van der Waals surface area (Å²) in [4.78, 5) is 32.8. The fourth-order valence-electron chi connectivity index (χ4n) is 2.77. The summed E-state index contributed by atoms with van der Waals surface area (Å²) in [5.74, 6) is 0.318. The fraction of sp³-hybridized carbons (Fsp3) is 0.483. The predicted molar refractivity (Wildman–Crippen MR) is 161 cm³/mol. The van der Waals surface area contributed by atoms with Gasteiger partial charge in [-0.15, -0.1) is 0 Å². The van der Waals surface area contributed by atoms with E-state index in [-0.39, 0.29) is 12.1 Å². The van der Waals surface area contributed by atoms with Gasteiger partial charge in [-0.2, -0.15) is 0 Å². The van der Waals surface area contributed by atoms with Crippen molar-refractivity contribution < 1.29 is 32.9 Å². The number of imide groups is 1. The van der Waals surface area contributed by atoms with Crippen molar-refractivity contribution in [1.82, 2.24) is 15.3 Å². The second-order valence-electron chi connectivity index (χ2n) is 8.69. The molecule has 40 heavy (non-hydrogen) atoms. The van der Waals surface area contributed by atoms with Gasteiger partial charge in [0.25, 0.3) is 5.91 Å². The molecule has 0 fully saturated rings. The molecule has 0 aliphatic heterocycles. The number of nitrogens with zero attached hydrogens (tertiary/aromatic N) is 1. The van der Waals surface area contributed by atoms with Crippen LogP contribution in [0.2, 0.25) is 0 Å². The van der Waals surface area contributed by atoms with Gasteiger partial charge in [-0.05, 0) is 31.2 Å². The molecule has 2 aromatic carbocycles. The minimum absolute atomic E-state index is 0.000505. The smallest absolute Gasteiger partial charge is 0.318 e. The molecule has 0 radical (unpaired) electrons. The number of ether oxygens (including phenoxy) is 2. The summed E-state index contributed by atoms with van der Waals surface area (Å²) >= 11 is 0. The molecule has 11 heteroatoms. The molecule has 0 heterocycles. The number of carbonyl (C=O) groups is 3. The van der Waals surface area contributed by atoms with Crippen LogP contribution < -0.4 is 14.9 Å². The summed E-state index contributed by atoms with van der Waals surface area (Å²) in [5.41, 5.74) is 0. The number of nitrogens with one attached hydrogen (secondary N) is 2. The van der Waals surface area contributed by atoms with Gasteiger partial charge in [-0.1, -0.05) is 56.7 Å². The van der Waals surface area contributed by atoms with E-state index in [9.17, 15) is 14.4 Å². The molecule has 0 bridgehead atoms. The van der Waals surface area contributed by atoms with Crippen molar-refractivity contribution in [3.8, 4) is 5.75 Å². The Labute approximate surface area is 240 Å². The van der Waals surface area contributed by atoms with Crippen LogP contribution in [0.15, 0.2) is 54.7 Å². The molecule has 224 valence electrons. The van der Waals surface area contributed by atoms with Crippen LogP contribution in [0.5, 0.6) is 5.75 Å². The van der Waals surface area contributed by atoms with Gasteiger partial charge in [0, 0.05) is 52.6 Å². The van der Waals surface area contributed by atoms with Gasteiger partial charge >= 0.3 is 8.53 Å². The van der Waals surface area contributed by atoms with Crippen LogP contribution in [0.25, 0.3) is 10.8 Å². The number of aldehydes is 1. The number of amides is 2. The third-order valence-electron chi connectivity index (χ3n) is 5.04. The third kappa shape index (κ3) is 17.7. The van der Waals surface area contributed by atoms with Crippen molar-refractivity contribution in [2.24, 2.45) is 0 Å². The SMILES string of the molecule is CCC(COP(N[C@@H](C)C=O)Oc1cccc2ccccc12)OC.CCCCOC.CN(C)/C=C\C(=O)NC=O. The average molecular weight is 580 g/mol. The molecule has 3 atom stereocenters. The molecule has 2 amide bonds. The Balaban J connectivity index is 0.000000784. The van der Waals surface area contributed by atoms with E-state index in [1.807, 2.05) is 54.7 Å². The van der Waals surface area contributed by atoms with Gasteiger partial charge in [0.2, 0.25) is 6.41 Å². The van der Waals surface area contributed by atoms with Crippen molar-refractivity contribution in [3.05, 3.63) is 54.7 Å². The molecule has 0 aliphatic rings. The molecular weight excluding hydrogens is 533 g/mol. The van der Waals surface area contributed by atoms with Crippen LogP contribution in [0.3, 0.4) is 0 Å². The minimum atomic E-state index is -1.46. The monoisotopic (exact) mass is 579 g/mol. The van der Waals surface area contributed by atoms with E-state index in [1.165, 1.54) is 18.9 Å². The number of hydrogen-bond donors (Lipinski definition) is 2. The topological polar surface area (TPSA) is 115 Å². The summed E-state index contributed by atoms with van der Waals surface area (Å²) in [6.45, 7) is 7.27. The first-order chi connectivity index (χ1) is 19.3. The number of methoxy groups -OCH3 is 2. The minimum Gasteiger partial charge on any atom is -0.435 e. The lowest BCUT2D eigenvalue weighted by atomic mass is 10.1. The van der Waals surface area contributed by atoms with Gasteiger partial charge < -0.3 is 28.2 Å². The number of rotatable bonds is 16. The first kappa shape index (κ1) is 37.1. The highest BCUT2D eigenvalue weighted by atomic mass is 31.2. The van der Waals surface area contributed by atoms with Gasteiger partial charge in [0.15, 0.2) is 0 Å². The van der Waals surface area contributed by atoms with Crippen LogP contribution in [-0.4, -0.2) is 77.2 Å². The normalized spacial score (nSPS) is 12.7. The molecule has 2 unspecified atom stereocenters. The highest BCUT2D eigenvalue weighted by molar-refractivity contribution is 7.45. The maximum Gasteiger partial charge on any atom is 0.318 e. The number of hydrogen-bond acceptors (Lipinski definition) is 9. The van der Waals surface area contributed by atoms with Crippen molar-refractivity contribution in [2.75, 3.05) is 41.5 Å². The molecule has 0 saturated heterocycles. The Morgan fingerprint density at radius 1 is 1.07 bits per heavy atom. The first-order valence-electron chi connectivity index (χ1n) is 13.2. The average Bonchev–Trinajstić information content (AvgIpc) is 2.96. The number of benzene rings is 2. The Morgan fingerprint density at radius 3 is 2.33 bits per heavy atom. The number of unbranched alkanes of at least 4 members (excludes halogenated alkanes) is 1. The second-order valence-corrected chi connectivity index (χ2v) is 9.91. The predicted octanol–water partition coefficient (Wildman–Crippen LogP) is 4.83. The molecule has 0 spiro atoms. The molecule has 0 aromatic heterocycles. The zero-order chi connectivity index (χ0) is 30.2. The first-order valence-corrected chi connectivity index (χ1v) is 14.3. The fourth-order valence-corrected chi connectivity index (χ4v) is 3.98. The molecule has 0 aliphatic carbocycles. The molecule has 2 rings (SSSR count). The molecule has 10 nitrogen and oxygen atoms in total. The van der Waals surface area contributed by atoms with Gasteiger partial charge in [0.05, 0.1) is 18.8 Å². The van der Waals surface area contributed by atoms with E-state index in [1.54, 1.807) is 46.3 Å². The van der Waals surface area contributed by atoms with Crippen LogP contribution >= 0.6 is 8.53 Å². The Kier molecular flexibility index (Phi) is 22.2. The zero-order valence-corrected chi connectivity index (χ0v) is 25.7. The van der Waals surface area contributed by atoms with E-state index in [0.29, 0.717) is 13.0 Å². The van der Waals surface area contributed by atoms with Crippen molar-refractivity contribution in [2.45, 2.75) is 52.2 Å². The van der Waals surface area contributed by atoms with Crippen LogP contribution in [0.4, 0.5) is 0 Å². The molecular formula is C29H46N3O7P. The Bertz CT molecular complexity index is 978. The maximum absolute atomic E-state index is 11.0. The van der Waals surface area contributed by atoms with E-state index in [2.05, 4.69) is 12.0 Å². The van der Waals surface area contributed by atoms with Crippen LogP contribution in [0.1, 0.15) is 40.0 Å². The quantitative estimate of drug-likeness (QED) is 0.125. The van der Waals surface area contributed by atoms with Crippen molar-refractivity contribution in [3.63, 3.8) is 0 Å². The zero-order valence-electron chi connectivity index (χ0n) is 24.8. The maximum atomic E-state index is 11.0. The number of fused-ring (bicyclic) bond motifs is 1. The molecule has 2 N–H and O–H groups in total. The highest BCUT2D eigenvalue weighted by Gasteiger charge is 2.19. The van der Waals surface area contributed by atoms with Gasteiger partial charge in [-0.25, -0.2) is 5.09 Å². The molecule has 2 aromatic rings. The number of carbonyl (C=O) groups excluding carboxylic acids is 3. The van der Waals surface area contributed by atoms with Gasteiger partial charge in [-0.3, -0.25) is 14.9 Å². The standard InChI is InChI=1S/C18H24NO4P.C6H10N2O2.C5H12O/c1-4-16(21-3)13-22-24(19-14(2)12-20)23-18-11-7-9-15-8-5-6-10-17(15)18;1-8(2)4-3-6(10)7-5-9;1-3-4-5-6-2/h5-12,14,16,19H,4,13H2,1-3H3;3-5H,1-2H3,(H,7,9,10);3-5H2,1-2H3/b;4-3-;/t14-,16?,24?;;/m0../s1. The highest BCUT2D eigenvalue weighted by Crippen LogP contribution is 2.39. The summed E-state index contributed by atoms with van der Waals surface area (Å²) in [6, 6.07) is 13.5. The Hall–Kier alpha value is -2.88. The lowest BCUT2D eigenvalue weighted by molar-refractivity contribution is -0.121. The van der Waals surface area contributed by atoms with E-state index >= 15 is 0 Å². The van der Waals surface area contributed by atoms with E-state index in [4.69, 9.17) is 18.5 Å². The van der Waals surface area contributed by atoms with Gasteiger partial charge in [0.1, 0.15) is 12.0 Å².